The number of rotatable bonds is 1. The lowest BCUT2D eigenvalue weighted by atomic mass is 10.0. The summed E-state index contributed by atoms with van der Waals surface area (Å²) >= 11 is 3.20. The molecule has 0 bridgehead atoms. The monoisotopic (exact) mass is 303 g/mol. The van der Waals surface area contributed by atoms with Crippen LogP contribution in [0.4, 0.5) is 5.69 Å². The molecule has 1 unspecified atom stereocenters. The summed E-state index contributed by atoms with van der Waals surface area (Å²) in [5, 5.41) is 0. The van der Waals surface area contributed by atoms with Crippen LogP contribution in [0.5, 0.6) is 0 Å². The molecule has 16 heavy (non-hydrogen) atoms. The number of sulfonamides is 1. The van der Waals surface area contributed by atoms with E-state index in [1.165, 1.54) is 4.31 Å². The average Bonchev–Trinajstić information content (AvgIpc) is 2.22. The largest absolute Gasteiger partial charge is 0.293 e. The van der Waals surface area contributed by atoms with Crippen molar-refractivity contribution in [3.63, 3.8) is 0 Å². The summed E-state index contributed by atoms with van der Waals surface area (Å²) in [5.74, 6) is -0.0736. The minimum Gasteiger partial charge on any atom is -0.293 e. The molecule has 0 N–H and O–H groups in total. The Morgan fingerprint density at radius 3 is 2.62 bits per heavy atom. The molecule has 4 nitrogen and oxygen atoms in total. The molecular formula is C10H10BrNO3S. The number of benzene rings is 1. The van der Waals surface area contributed by atoms with Crippen molar-refractivity contribution in [3.8, 4) is 0 Å². The maximum absolute atomic E-state index is 11.8. The fourth-order valence-corrected chi connectivity index (χ4v) is 3.37. The summed E-state index contributed by atoms with van der Waals surface area (Å²) < 4.78 is 24.4. The van der Waals surface area contributed by atoms with E-state index in [9.17, 15) is 13.2 Å². The summed E-state index contributed by atoms with van der Waals surface area (Å²) in [6.45, 7) is 0.148. The van der Waals surface area contributed by atoms with Crippen LogP contribution >= 0.6 is 15.9 Å². The summed E-state index contributed by atoms with van der Waals surface area (Å²) in [7, 11) is -3.34. The molecule has 1 atom stereocenters. The second kappa shape index (κ2) is 3.85. The Labute approximate surface area is 102 Å². The Hall–Kier alpha value is -0.880. The molecule has 1 aliphatic rings. The highest BCUT2D eigenvalue weighted by Gasteiger charge is 2.33. The topological polar surface area (TPSA) is 54.5 Å². The third-order valence-electron chi connectivity index (χ3n) is 2.45. The maximum Gasteiger partial charge on any atom is 0.232 e. The van der Waals surface area contributed by atoms with Crippen LogP contribution in [0.2, 0.25) is 0 Å². The number of hydrogen-bond donors (Lipinski definition) is 0. The number of para-hydroxylation sites is 1. The lowest BCUT2D eigenvalue weighted by Crippen LogP contribution is -2.42. The van der Waals surface area contributed by atoms with Crippen LogP contribution in [-0.2, 0) is 10.0 Å². The van der Waals surface area contributed by atoms with Gasteiger partial charge in [0.15, 0.2) is 5.78 Å². The van der Waals surface area contributed by atoms with Crippen molar-refractivity contribution in [1.29, 1.82) is 0 Å². The van der Waals surface area contributed by atoms with Gasteiger partial charge in [-0.3, -0.25) is 9.10 Å². The fraction of sp³-hybridized carbons (Fsp3) is 0.300. The van der Waals surface area contributed by atoms with E-state index in [1.54, 1.807) is 24.3 Å². The molecule has 86 valence electrons. The van der Waals surface area contributed by atoms with Crippen LogP contribution < -0.4 is 4.31 Å². The summed E-state index contributed by atoms with van der Waals surface area (Å²) in [4.78, 5) is 11.3. The number of alkyl halides is 1. The van der Waals surface area contributed by atoms with Crippen molar-refractivity contribution in [2.75, 3.05) is 17.1 Å². The summed E-state index contributed by atoms with van der Waals surface area (Å²) in [6, 6.07) is 6.73. The number of fused-ring (bicyclic) bond motifs is 1. The first kappa shape index (κ1) is 11.6. The molecule has 0 amide bonds. The van der Waals surface area contributed by atoms with Gasteiger partial charge in [-0.15, -0.1) is 0 Å². The Morgan fingerprint density at radius 1 is 1.38 bits per heavy atom. The van der Waals surface area contributed by atoms with Crippen molar-refractivity contribution in [2.45, 2.75) is 4.83 Å². The van der Waals surface area contributed by atoms with E-state index in [1.807, 2.05) is 0 Å². The smallest absolute Gasteiger partial charge is 0.232 e. The van der Waals surface area contributed by atoms with Crippen LogP contribution in [0.25, 0.3) is 0 Å². The zero-order chi connectivity index (χ0) is 11.9. The molecule has 0 radical (unpaired) electrons. The quantitative estimate of drug-likeness (QED) is 0.737. The molecule has 0 fully saturated rings. The maximum atomic E-state index is 11.8. The number of Topliss-reactive ketones (excluding diaryl/α,β-unsaturated/α-hetero) is 1. The van der Waals surface area contributed by atoms with Gasteiger partial charge in [0.25, 0.3) is 0 Å². The first-order valence-corrected chi connectivity index (χ1v) is 7.42. The lowest BCUT2D eigenvalue weighted by Gasteiger charge is -2.30. The van der Waals surface area contributed by atoms with E-state index in [-0.39, 0.29) is 12.3 Å². The van der Waals surface area contributed by atoms with E-state index < -0.39 is 14.9 Å². The van der Waals surface area contributed by atoms with Crippen molar-refractivity contribution in [2.24, 2.45) is 0 Å². The Balaban J connectivity index is 2.62. The van der Waals surface area contributed by atoms with Gasteiger partial charge in [0.05, 0.1) is 23.3 Å². The van der Waals surface area contributed by atoms with Crippen LogP contribution in [-0.4, -0.2) is 31.8 Å². The second-order valence-corrected chi connectivity index (χ2v) is 6.66. The lowest BCUT2D eigenvalue weighted by molar-refractivity contribution is 0.0990. The van der Waals surface area contributed by atoms with Gasteiger partial charge in [0.2, 0.25) is 10.0 Å². The fourth-order valence-electron chi connectivity index (χ4n) is 1.71. The molecule has 1 aromatic rings. The minimum atomic E-state index is -3.34. The molecule has 0 saturated heterocycles. The van der Waals surface area contributed by atoms with Gasteiger partial charge in [-0.05, 0) is 12.1 Å². The minimum absolute atomic E-state index is 0.0736. The van der Waals surface area contributed by atoms with Crippen LogP contribution in [0, 0.1) is 0 Å². The number of carbonyl (C=O) groups is 1. The van der Waals surface area contributed by atoms with Gasteiger partial charge >= 0.3 is 0 Å². The number of anilines is 1. The van der Waals surface area contributed by atoms with E-state index in [4.69, 9.17) is 0 Å². The highest BCUT2D eigenvalue weighted by molar-refractivity contribution is 9.10. The number of halogens is 1. The SMILES string of the molecule is CS(=O)(=O)N1CC(Br)C(=O)c2ccccc21. The first-order valence-electron chi connectivity index (χ1n) is 4.66. The van der Waals surface area contributed by atoms with Crippen molar-refractivity contribution >= 4 is 37.4 Å². The third kappa shape index (κ3) is 1.87. The normalized spacial score (nSPS) is 20.8. The van der Waals surface area contributed by atoms with Crippen LogP contribution in [0.3, 0.4) is 0 Å². The molecule has 0 aromatic heterocycles. The standard InChI is InChI=1S/C10H10BrNO3S/c1-16(14,15)12-6-8(11)10(13)7-4-2-3-5-9(7)12/h2-5,8H,6H2,1H3. The Morgan fingerprint density at radius 2 is 2.00 bits per heavy atom. The third-order valence-corrected chi connectivity index (χ3v) is 4.30. The summed E-state index contributed by atoms with van der Waals surface area (Å²) in [5.41, 5.74) is 0.909. The van der Waals surface area contributed by atoms with Gasteiger partial charge in [0.1, 0.15) is 0 Å². The van der Waals surface area contributed by atoms with Gasteiger partial charge in [-0.1, -0.05) is 28.1 Å². The molecule has 0 spiro atoms. The first-order chi connectivity index (χ1) is 7.41. The molecule has 0 saturated carbocycles. The van der Waals surface area contributed by atoms with Crippen LogP contribution in [0.1, 0.15) is 10.4 Å². The van der Waals surface area contributed by atoms with Crippen molar-refractivity contribution in [3.05, 3.63) is 29.8 Å². The van der Waals surface area contributed by atoms with Gasteiger partial charge < -0.3 is 0 Å². The van der Waals surface area contributed by atoms with Crippen LogP contribution in [0.15, 0.2) is 24.3 Å². The van der Waals surface area contributed by atoms with E-state index in [0.29, 0.717) is 11.3 Å². The molecule has 1 aliphatic heterocycles. The highest BCUT2D eigenvalue weighted by atomic mass is 79.9. The molecule has 1 heterocycles. The van der Waals surface area contributed by atoms with E-state index in [0.717, 1.165) is 6.26 Å². The zero-order valence-corrected chi connectivity index (χ0v) is 11.0. The average molecular weight is 304 g/mol. The van der Waals surface area contributed by atoms with Gasteiger partial charge in [0, 0.05) is 5.56 Å². The van der Waals surface area contributed by atoms with Crippen molar-refractivity contribution in [1.82, 2.24) is 0 Å². The van der Waals surface area contributed by atoms with Crippen molar-refractivity contribution < 1.29 is 13.2 Å². The number of ketones is 1. The second-order valence-electron chi connectivity index (χ2n) is 3.64. The number of nitrogens with zero attached hydrogens (tertiary/aromatic N) is 1. The highest BCUT2D eigenvalue weighted by Crippen LogP contribution is 2.31. The molecule has 1 aromatic carbocycles. The number of hydrogen-bond acceptors (Lipinski definition) is 3. The molecule has 0 aliphatic carbocycles. The molecule has 2 rings (SSSR count). The van der Waals surface area contributed by atoms with Gasteiger partial charge in [-0.2, -0.15) is 0 Å². The predicted octanol–water partition coefficient (Wildman–Crippen LogP) is 1.41. The predicted molar refractivity (Wildman–Crippen MR) is 65.7 cm³/mol. The van der Waals surface area contributed by atoms with E-state index in [2.05, 4.69) is 15.9 Å². The number of carbonyl (C=O) groups excluding carboxylic acids is 1. The Bertz CT molecular complexity index is 541. The zero-order valence-electron chi connectivity index (χ0n) is 8.55. The molecular weight excluding hydrogens is 294 g/mol. The summed E-state index contributed by atoms with van der Waals surface area (Å²) in [6.07, 6.45) is 1.14. The molecule has 6 heteroatoms. The van der Waals surface area contributed by atoms with E-state index >= 15 is 0 Å². The van der Waals surface area contributed by atoms with Gasteiger partial charge in [-0.25, -0.2) is 8.42 Å². The Kier molecular flexibility index (Phi) is 2.79.